The Morgan fingerprint density at radius 3 is 2.75 bits per heavy atom. The number of anilines is 1. The lowest BCUT2D eigenvalue weighted by molar-refractivity contribution is -0.121. The maximum atomic E-state index is 14.1. The van der Waals surface area contributed by atoms with Crippen LogP contribution < -0.4 is 10.1 Å². The van der Waals surface area contributed by atoms with Crippen molar-refractivity contribution in [3.05, 3.63) is 57.8 Å². The molecule has 2 aromatic carbocycles. The van der Waals surface area contributed by atoms with Gasteiger partial charge in [-0.15, -0.1) is 0 Å². The van der Waals surface area contributed by atoms with E-state index in [9.17, 15) is 9.18 Å². The van der Waals surface area contributed by atoms with E-state index in [0.717, 1.165) is 0 Å². The van der Waals surface area contributed by atoms with E-state index in [1.165, 1.54) is 17.2 Å². The molecule has 0 saturated carbocycles. The second-order valence-corrected chi connectivity index (χ2v) is 8.16. The molecule has 0 bridgehead atoms. The zero-order valence-electron chi connectivity index (χ0n) is 16.3. The van der Waals surface area contributed by atoms with E-state index in [2.05, 4.69) is 33.4 Å². The van der Waals surface area contributed by atoms with Gasteiger partial charge >= 0.3 is 0 Å². The minimum Gasteiger partial charge on any atom is -0.490 e. The van der Waals surface area contributed by atoms with Gasteiger partial charge in [0.2, 0.25) is 5.91 Å². The molecular formula is C21H25BrFN3O2. The second-order valence-electron chi connectivity index (χ2n) is 7.31. The Kier molecular flexibility index (Phi) is 6.69. The van der Waals surface area contributed by atoms with Crippen molar-refractivity contribution in [2.24, 2.45) is 0 Å². The van der Waals surface area contributed by atoms with Gasteiger partial charge in [-0.2, -0.15) is 0 Å². The summed E-state index contributed by atoms with van der Waals surface area (Å²) < 4.78 is 20.2. The van der Waals surface area contributed by atoms with E-state index in [4.69, 9.17) is 4.74 Å². The summed E-state index contributed by atoms with van der Waals surface area (Å²) in [6, 6.07) is 10.7. The van der Waals surface area contributed by atoms with Gasteiger partial charge < -0.3 is 15.0 Å². The molecule has 1 aliphatic rings. The third-order valence-electron chi connectivity index (χ3n) is 4.86. The molecule has 28 heavy (non-hydrogen) atoms. The zero-order chi connectivity index (χ0) is 20.3. The van der Waals surface area contributed by atoms with Crippen molar-refractivity contribution in [3.8, 4) is 5.75 Å². The quantitative estimate of drug-likeness (QED) is 0.732. The average molecular weight is 450 g/mol. The van der Waals surface area contributed by atoms with E-state index in [1.54, 1.807) is 6.07 Å². The van der Waals surface area contributed by atoms with Crippen LogP contribution in [0.15, 0.2) is 40.9 Å². The minimum atomic E-state index is -0.447. The number of rotatable bonds is 6. The van der Waals surface area contributed by atoms with E-state index < -0.39 is 5.82 Å². The average Bonchev–Trinajstić information content (AvgIpc) is 2.64. The molecule has 0 aliphatic carbocycles. The number of likely N-dealkylation sites (N-methyl/N-ethyl adjacent to an activating group) is 2. The van der Waals surface area contributed by atoms with Crippen LogP contribution in [0, 0.1) is 5.82 Å². The summed E-state index contributed by atoms with van der Waals surface area (Å²) in [4.78, 5) is 17.0. The van der Waals surface area contributed by atoms with Gasteiger partial charge in [-0.05, 0) is 60.7 Å². The van der Waals surface area contributed by atoms with Crippen molar-refractivity contribution in [3.63, 3.8) is 0 Å². The van der Waals surface area contributed by atoms with E-state index in [-0.39, 0.29) is 11.9 Å². The summed E-state index contributed by atoms with van der Waals surface area (Å²) in [7, 11) is 5.82. The van der Waals surface area contributed by atoms with Crippen molar-refractivity contribution in [2.75, 3.05) is 39.6 Å². The molecule has 0 spiro atoms. The van der Waals surface area contributed by atoms with Crippen molar-refractivity contribution in [1.82, 2.24) is 9.80 Å². The topological polar surface area (TPSA) is 44.8 Å². The van der Waals surface area contributed by atoms with Crippen molar-refractivity contribution in [2.45, 2.75) is 19.0 Å². The Balaban J connectivity index is 1.77. The Hall–Kier alpha value is -1.96. The predicted octanol–water partition coefficient (Wildman–Crippen LogP) is 3.52. The molecule has 1 atom stereocenters. The monoisotopic (exact) mass is 449 g/mol. The van der Waals surface area contributed by atoms with Crippen LogP contribution >= 0.6 is 15.9 Å². The third-order valence-corrected chi connectivity index (χ3v) is 5.47. The Morgan fingerprint density at radius 2 is 2.04 bits per heavy atom. The minimum absolute atomic E-state index is 0.170. The molecule has 0 unspecified atom stereocenters. The molecule has 1 aliphatic heterocycles. The van der Waals surface area contributed by atoms with Crippen LogP contribution in [-0.4, -0.2) is 56.0 Å². The second kappa shape index (κ2) is 9.03. The fourth-order valence-corrected chi connectivity index (χ4v) is 3.57. The van der Waals surface area contributed by atoms with Gasteiger partial charge in [-0.1, -0.05) is 24.3 Å². The first-order valence-corrected chi connectivity index (χ1v) is 9.99. The molecule has 0 saturated heterocycles. The number of amides is 1. The first kappa shape index (κ1) is 20.8. The number of carbonyl (C=O) groups is 1. The molecule has 1 amide bonds. The summed E-state index contributed by atoms with van der Waals surface area (Å²) in [6.45, 7) is 1.85. The van der Waals surface area contributed by atoms with Crippen molar-refractivity contribution in [1.29, 1.82) is 0 Å². The smallest absolute Gasteiger partial charge is 0.242 e. The van der Waals surface area contributed by atoms with E-state index >= 15 is 0 Å². The molecule has 7 heteroatoms. The van der Waals surface area contributed by atoms with Crippen molar-refractivity contribution < 1.29 is 13.9 Å². The number of halogens is 2. The highest BCUT2D eigenvalue weighted by atomic mass is 79.9. The SMILES string of the molecule is CN(C)CCOc1cc(Br)c(F)cc1NC(=O)[C@H]1Cc2ccccc2CN1C. The predicted molar refractivity (Wildman–Crippen MR) is 112 cm³/mol. The van der Waals surface area contributed by atoms with Crippen LogP contribution in [0.1, 0.15) is 11.1 Å². The zero-order valence-corrected chi connectivity index (χ0v) is 17.9. The molecule has 1 heterocycles. The lowest BCUT2D eigenvalue weighted by atomic mass is 9.94. The summed E-state index contributed by atoms with van der Waals surface area (Å²) in [5.41, 5.74) is 2.75. The number of fused-ring (bicyclic) bond motifs is 1. The number of benzene rings is 2. The summed E-state index contributed by atoms with van der Waals surface area (Å²) in [5.74, 6) is -0.170. The van der Waals surface area contributed by atoms with Crippen LogP contribution in [0.5, 0.6) is 5.75 Å². The maximum Gasteiger partial charge on any atom is 0.242 e. The standard InChI is InChI=1S/C21H25BrFN3O2/c1-25(2)8-9-28-20-11-16(22)17(23)12-18(20)24-21(27)19-10-14-6-4-5-7-15(14)13-26(19)3/h4-7,11-12,19H,8-10,13H2,1-3H3,(H,24,27)/t19-/m1/s1. The Morgan fingerprint density at radius 1 is 1.32 bits per heavy atom. The van der Waals surface area contributed by atoms with E-state index in [0.29, 0.717) is 42.0 Å². The van der Waals surface area contributed by atoms with Crippen molar-refractivity contribution >= 4 is 27.5 Å². The van der Waals surface area contributed by atoms with Gasteiger partial charge in [0.15, 0.2) is 0 Å². The maximum absolute atomic E-state index is 14.1. The van der Waals surface area contributed by atoms with Gasteiger partial charge in [0.25, 0.3) is 0 Å². The van der Waals surface area contributed by atoms with Crippen LogP contribution in [0.3, 0.4) is 0 Å². The number of nitrogens with zero attached hydrogens (tertiary/aromatic N) is 2. The lowest BCUT2D eigenvalue weighted by Crippen LogP contribution is -2.45. The molecule has 3 rings (SSSR count). The van der Waals surface area contributed by atoms with Crippen LogP contribution in [0.25, 0.3) is 0 Å². The molecule has 0 fully saturated rings. The number of hydrogen-bond acceptors (Lipinski definition) is 4. The first-order chi connectivity index (χ1) is 13.3. The third kappa shape index (κ3) is 4.90. The fourth-order valence-electron chi connectivity index (χ4n) is 3.25. The van der Waals surface area contributed by atoms with Gasteiger partial charge in [-0.3, -0.25) is 9.69 Å². The first-order valence-electron chi connectivity index (χ1n) is 9.19. The Labute approximate surface area is 173 Å². The molecular weight excluding hydrogens is 425 g/mol. The molecule has 2 aromatic rings. The van der Waals surface area contributed by atoms with Crippen LogP contribution in [0.2, 0.25) is 0 Å². The molecule has 0 radical (unpaired) electrons. The molecule has 5 nitrogen and oxygen atoms in total. The molecule has 1 N–H and O–H groups in total. The van der Waals surface area contributed by atoms with E-state index in [1.807, 2.05) is 43.1 Å². The lowest BCUT2D eigenvalue weighted by Gasteiger charge is -2.33. The normalized spacial score (nSPS) is 16.7. The number of hydrogen-bond donors (Lipinski definition) is 1. The number of nitrogens with one attached hydrogen (secondary N) is 1. The van der Waals surface area contributed by atoms with Gasteiger partial charge in [0.05, 0.1) is 16.2 Å². The largest absolute Gasteiger partial charge is 0.490 e. The number of carbonyl (C=O) groups excluding carboxylic acids is 1. The Bertz CT molecular complexity index is 860. The number of ether oxygens (including phenoxy) is 1. The summed E-state index contributed by atoms with van der Waals surface area (Å²) in [6.07, 6.45) is 0.619. The fraction of sp³-hybridized carbons (Fsp3) is 0.381. The highest BCUT2D eigenvalue weighted by Gasteiger charge is 2.29. The molecule has 0 aromatic heterocycles. The van der Waals surface area contributed by atoms with Gasteiger partial charge in [0.1, 0.15) is 18.2 Å². The van der Waals surface area contributed by atoms with Gasteiger partial charge in [-0.25, -0.2) is 4.39 Å². The summed E-state index contributed by atoms with van der Waals surface area (Å²) >= 11 is 3.19. The highest BCUT2D eigenvalue weighted by Crippen LogP contribution is 2.32. The molecule has 150 valence electrons. The van der Waals surface area contributed by atoms with Gasteiger partial charge in [0, 0.05) is 19.2 Å². The summed E-state index contributed by atoms with van der Waals surface area (Å²) in [5, 5.41) is 2.87. The van der Waals surface area contributed by atoms with Crippen LogP contribution in [-0.2, 0) is 17.8 Å². The highest BCUT2D eigenvalue weighted by molar-refractivity contribution is 9.10. The van der Waals surface area contributed by atoms with Crippen LogP contribution in [0.4, 0.5) is 10.1 Å².